The third-order valence-corrected chi connectivity index (χ3v) is 3.39. The molecule has 0 fully saturated rings. The molecule has 0 aliphatic heterocycles. The number of hydrogen-bond acceptors (Lipinski definition) is 3. The van der Waals surface area contributed by atoms with Gasteiger partial charge in [-0.25, -0.2) is 4.98 Å². The van der Waals surface area contributed by atoms with Crippen LogP contribution in [-0.4, -0.2) is 28.2 Å². The van der Waals surface area contributed by atoms with Crippen LogP contribution in [-0.2, 0) is 16.1 Å². The number of carbonyl (C=O) groups is 2. The fourth-order valence-electron chi connectivity index (χ4n) is 1.93. The third-order valence-electron chi connectivity index (χ3n) is 3.09. The van der Waals surface area contributed by atoms with E-state index in [0.717, 1.165) is 5.56 Å². The Bertz CT molecular complexity index is 661. The normalized spacial score (nSPS) is 10.1. The molecule has 114 valence electrons. The molecule has 1 aromatic heterocycles. The number of carbonyl (C=O) groups excluding carboxylic acids is 2. The van der Waals surface area contributed by atoms with Crippen molar-refractivity contribution in [2.45, 2.75) is 13.5 Å². The first-order chi connectivity index (χ1) is 10.6. The number of aromatic nitrogens is 1. The molecular formula is C16H16ClN3O2. The van der Waals surface area contributed by atoms with Gasteiger partial charge in [-0.1, -0.05) is 41.9 Å². The molecule has 0 aliphatic carbocycles. The zero-order valence-electron chi connectivity index (χ0n) is 12.1. The summed E-state index contributed by atoms with van der Waals surface area (Å²) in [5.74, 6) is -1.33. The average molecular weight is 318 g/mol. The summed E-state index contributed by atoms with van der Waals surface area (Å²) >= 11 is 5.87. The molecule has 1 heterocycles. The van der Waals surface area contributed by atoms with Crippen LogP contribution in [0.1, 0.15) is 12.5 Å². The lowest BCUT2D eigenvalue weighted by molar-refractivity contribution is -0.143. The van der Waals surface area contributed by atoms with E-state index in [4.69, 9.17) is 11.6 Å². The number of anilines is 1. The van der Waals surface area contributed by atoms with Crippen LogP contribution in [0.2, 0.25) is 5.15 Å². The van der Waals surface area contributed by atoms with E-state index in [1.807, 2.05) is 37.3 Å². The number of pyridine rings is 1. The van der Waals surface area contributed by atoms with Crippen molar-refractivity contribution in [2.75, 3.05) is 11.9 Å². The summed E-state index contributed by atoms with van der Waals surface area (Å²) in [6, 6.07) is 12.7. The van der Waals surface area contributed by atoms with Crippen LogP contribution < -0.4 is 5.32 Å². The molecule has 1 N–H and O–H groups in total. The molecule has 1 aromatic carbocycles. The van der Waals surface area contributed by atoms with E-state index >= 15 is 0 Å². The van der Waals surface area contributed by atoms with Crippen LogP contribution in [0.4, 0.5) is 5.69 Å². The zero-order chi connectivity index (χ0) is 15.9. The monoisotopic (exact) mass is 317 g/mol. The second kappa shape index (κ2) is 7.56. The van der Waals surface area contributed by atoms with Crippen molar-refractivity contribution in [3.05, 3.63) is 59.4 Å². The highest BCUT2D eigenvalue weighted by molar-refractivity contribution is 6.41. The van der Waals surface area contributed by atoms with Crippen LogP contribution in [0.15, 0.2) is 48.7 Å². The van der Waals surface area contributed by atoms with Crippen LogP contribution in [0.5, 0.6) is 0 Å². The van der Waals surface area contributed by atoms with Gasteiger partial charge in [0, 0.05) is 19.3 Å². The topological polar surface area (TPSA) is 62.3 Å². The number of halogens is 1. The van der Waals surface area contributed by atoms with Crippen molar-refractivity contribution in [3.8, 4) is 0 Å². The van der Waals surface area contributed by atoms with Gasteiger partial charge in [0.05, 0.1) is 5.69 Å². The number of rotatable bonds is 4. The van der Waals surface area contributed by atoms with Gasteiger partial charge in [0.15, 0.2) is 5.15 Å². The average Bonchev–Trinajstić information content (AvgIpc) is 2.55. The fraction of sp³-hybridized carbons (Fsp3) is 0.188. The summed E-state index contributed by atoms with van der Waals surface area (Å²) < 4.78 is 0. The smallest absolute Gasteiger partial charge is 0.313 e. The van der Waals surface area contributed by atoms with E-state index in [1.165, 1.54) is 11.1 Å². The largest absolute Gasteiger partial charge is 0.330 e. The van der Waals surface area contributed by atoms with Crippen LogP contribution in [0.25, 0.3) is 0 Å². The molecule has 2 amide bonds. The van der Waals surface area contributed by atoms with Gasteiger partial charge < -0.3 is 10.2 Å². The standard InChI is InChI=1S/C16H16ClN3O2/c1-2-20(11-12-7-4-3-5-8-12)16(22)15(21)19-13-9-6-10-18-14(13)17/h3-10H,2,11H2,1H3,(H,19,21). The van der Waals surface area contributed by atoms with Gasteiger partial charge in [-0.05, 0) is 24.6 Å². The minimum atomic E-state index is -0.729. The van der Waals surface area contributed by atoms with E-state index in [0.29, 0.717) is 18.8 Å². The quantitative estimate of drug-likeness (QED) is 0.696. The van der Waals surface area contributed by atoms with Crippen molar-refractivity contribution in [1.82, 2.24) is 9.88 Å². The summed E-state index contributed by atoms with van der Waals surface area (Å²) in [5, 5.41) is 2.63. The summed E-state index contributed by atoms with van der Waals surface area (Å²) in [5.41, 5.74) is 1.28. The predicted molar refractivity (Wildman–Crippen MR) is 85.4 cm³/mol. The van der Waals surface area contributed by atoms with Crippen molar-refractivity contribution in [1.29, 1.82) is 0 Å². The highest BCUT2D eigenvalue weighted by atomic mass is 35.5. The van der Waals surface area contributed by atoms with Crippen molar-refractivity contribution in [3.63, 3.8) is 0 Å². The molecule has 0 radical (unpaired) electrons. The second-order valence-electron chi connectivity index (χ2n) is 4.60. The van der Waals surface area contributed by atoms with Gasteiger partial charge in [-0.3, -0.25) is 9.59 Å². The maximum atomic E-state index is 12.2. The first-order valence-corrected chi connectivity index (χ1v) is 7.24. The second-order valence-corrected chi connectivity index (χ2v) is 4.96. The highest BCUT2D eigenvalue weighted by Gasteiger charge is 2.21. The summed E-state index contributed by atoms with van der Waals surface area (Å²) in [4.78, 5) is 29.6. The molecular weight excluding hydrogens is 302 g/mol. The minimum absolute atomic E-state index is 0.148. The molecule has 2 rings (SSSR count). The number of amides is 2. The van der Waals surface area contributed by atoms with Gasteiger partial charge in [0.2, 0.25) is 0 Å². The maximum Gasteiger partial charge on any atom is 0.313 e. The lowest BCUT2D eigenvalue weighted by Crippen LogP contribution is -2.39. The van der Waals surface area contributed by atoms with Gasteiger partial charge >= 0.3 is 11.8 Å². The fourth-order valence-corrected chi connectivity index (χ4v) is 2.10. The van der Waals surface area contributed by atoms with Gasteiger partial charge in [-0.15, -0.1) is 0 Å². The van der Waals surface area contributed by atoms with Crippen LogP contribution in [0.3, 0.4) is 0 Å². The van der Waals surface area contributed by atoms with E-state index in [2.05, 4.69) is 10.3 Å². The van der Waals surface area contributed by atoms with Crippen molar-refractivity contribution in [2.24, 2.45) is 0 Å². The van der Waals surface area contributed by atoms with Crippen LogP contribution >= 0.6 is 11.6 Å². The van der Waals surface area contributed by atoms with E-state index in [-0.39, 0.29) is 5.15 Å². The molecule has 5 nitrogen and oxygen atoms in total. The third kappa shape index (κ3) is 4.05. The van der Waals surface area contributed by atoms with Gasteiger partial charge in [0.25, 0.3) is 0 Å². The maximum absolute atomic E-state index is 12.2. The number of benzene rings is 1. The Morgan fingerprint density at radius 1 is 1.18 bits per heavy atom. The Balaban J connectivity index is 2.05. The van der Waals surface area contributed by atoms with E-state index < -0.39 is 11.8 Å². The van der Waals surface area contributed by atoms with E-state index in [9.17, 15) is 9.59 Å². The molecule has 0 unspecified atom stereocenters. The van der Waals surface area contributed by atoms with Gasteiger partial charge in [0.1, 0.15) is 0 Å². The number of nitrogens with one attached hydrogen (secondary N) is 1. The van der Waals surface area contributed by atoms with Crippen molar-refractivity contribution < 1.29 is 9.59 Å². The Hall–Kier alpha value is -2.40. The van der Waals surface area contributed by atoms with Gasteiger partial charge in [-0.2, -0.15) is 0 Å². The minimum Gasteiger partial charge on any atom is -0.330 e. The molecule has 22 heavy (non-hydrogen) atoms. The molecule has 0 spiro atoms. The summed E-state index contributed by atoms with van der Waals surface area (Å²) in [6.45, 7) is 2.64. The molecule has 0 atom stereocenters. The highest BCUT2D eigenvalue weighted by Crippen LogP contribution is 2.17. The Kier molecular flexibility index (Phi) is 5.49. The first-order valence-electron chi connectivity index (χ1n) is 6.86. The molecule has 0 bridgehead atoms. The van der Waals surface area contributed by atoms with Crippen molar-refractivity contribution >= 4 is 29.1 Å². The lowest BCUT2D eigenvalue weighted by atomic mass is 10.2. The summed E-state index contributed by atoms with van der Waals surface area (Å²) in [7, 11) is 0. The van der Waals surface area contributed by atoms with E-state index in [1.54, 1.807) is 12.1 Å². The Morgan fingerprint density at radius 3 is 2.55 bits per heavy atom. The number of likely N-dealkylation sites (N-methyl/N-ethyl adjacent to an activating group) is 1. The predicted octanol–water partition coefficient (Wildman–Crippen LogP) is 2.72. The molecule has 6 heteroatoms. The Morgan fingerprint density at radius 2 is 1.91 bits per heavy atom. The molecule has 0 aliphatic rings. The SMILES string of the molecule is CCN(Cc1ccccc1)C(=O)C(=O)Nc1cccnc1Cl. The number of nitrogens with zero attached hydrogens (tertiary/aromatic N) is 2. The molecule has 0 saturated heterocycles. The lowest BCUT2D eigenvalue weighted by Gasteiger charge is -2.20. The molecule has 2 aromatic rings. The van der Waals surface area contributed by atoms with Crippen LogP contribution in [0, 0.1) is 0 Å². The first kappa shape index (κ1) is 16.0. The zero-order valence-corrected chi connectivity index (χ0v) is 12.9. The number of hydrogen-bond donors (Lipinski definition) is 1. The summed E-state index contributed by atoms with van der Waals surface area (Å²) in [6.07, 6.45) is 1.51. The Labute approximate surface area is 133 Å². The molecule has 0 saturated carbocycles.